The molecule has 4 N–H and O–H groups in total. The third-order valence-corrected chi connectivity index (χ3v) is 7.73. The number of hydrogen-bond donors (Lipinski definition) is 4. The van der Waals surface area contributed by atoms with Gasteiger partial charge in [0.2, 0.25) is 20.7 Å². The van der Waals surface area contributed by atoms with Crippen LogP contribution in [0.4, 0.5) is 0 Å². The lowest BCUT2D eigenvalue weighted by Gasteiger charge is -2.29. The molecule has 1 aromatic carbocycles. The van der Waals surface area contributed by atoms with E-state index < -0.39 is 44.9 Å². The third-order valence-electron chi connectivity index (χ3n) is 6.68. The van der Waals surface area contributed by atoms with Crippen LogP contribution in [0.25, 0.3) is 11.3 Å². The van der Waals surface area contributed by atoms with Crippen molar-refractivity contribution in [1.82, 2.24) is 15.7 Å². The van der Waals surface area contributed by atoms with Gasteiger partial charge in [-0.1, -0.05) is 47.0 Å². The highest BCUT2D eigenvalue weighted by Gasteiger charge is 2.30. The Bertz CT molecular complexity index is 1220. The average Bonchev–Trinajstić information content (AvgIpc) is 3.51. The Labute approximate surface area is 259 Å². The zero-order valence-corrected chi connectivity index (χ0v) is 26.8. The minimum Gasteiger partial charge on any atom is -0.494 e. The molecule has 3 atom stereocenters. The quantitative estimate of drug-likeness (QED) is 0.0315. The van der Waals surface area contributed by atoms with Crippen molar-refractivity contribution >= 4 is 37.9 Å². The van der Waals surface area contributed by atoms with Gasteiger partial charge >= 0.3 is 5.97 Å². The predicted molar refractivity (Wildman–Crippen MR) is 163 cm³/mol. The summed E-state index contributed by atoms with van der Waals surface area (Å²) in [5, 5.41) is 16.1. The maximum atomic E-state index is 13.0. The van der Waals surface area contributed by atoms with Gasteiger partial charge in [0.05, 0.1) is 31.2 Å². The smallest absolute Gasteiger partial charge is 0.310 e. The van der Waals surface area contributed by atoms with Crippen molar-refractivity contribution in [1.29, 1.82) is 0 Å². The van der Waals surface area contributed by atoms with Crippen LogP contribution >= 0.6 is 8.38 Å². The van der Waals surface area contributed by atoms with E-state index in [1.165, 1.54) is 6.07 Å². The Morgan fingerprint density at radius 1 is 1.09 bits per heavy atom. The van der Waals surface area contributed by atoms with Crippen molar-refractivity contribution in [3.05, 3.63) is 36.1 Å². The molecular weight excluding hydrogens is 593 g/mol. The van der Waals surface area contributed by atoms with E-state index in [0.717, 1.165) is 19.3 Å². The average molecular weight is 638 g/mol. The van der Waals surface area contributed by atoms with Crippen LogP contribution in [0.15, 0.2) is 34.7 Å². The first kappa shape index (κ1) is 36.7. The molecule has 0 fully saturated rings. The van der Waals surface area contributed by atoms with E-state index in [9.17, 15) is 29.3 Å². The van der Waals surface area contributed by atoms with Crippen LogP contribution in [0.5, 0.6) is 5.75 Å². The summed E-state index contributed by atoms with van der Waals surface area (Å²) in [5.74, 6) is -1.68. The Balaban J connectivity index is 2.08. The predicted octanol–water partition coefficient (Wildman–Crippen LogP) is 4.07. The summed E-state index contributed by atoms with van der Waals surface area (Å²) in [6.45, 7) is 8.74. The first-order chi connectivity index (χ1) is 21.1. The Morgan fingerprint density at radius 3 is 2.48 bits per heavy atom. The SMILES string of the molecule is CCCCCC(C(=O)NCNC(=O)c1ccc(-c2cc(OCC)cc(P(O)OCOC(=O)C(C)C)c2)o1)C(CC)N(O)C=O. The fraction of sp³-hybridized carbons (Fsp3) is 0.533. The Kier molecular flexibility index (Phi) is 15.8. The van der Waals surface area contributed by atoms with Crippen molar-refractivity contribution in [2.45, 2.75) is 72.8 Å². The van der Waals surface area contributed by atoms with Gasteiger partial charge in [-0.05, 0) is 50.1 Å². The number of furan rings is 1. The lowest BCUT2D eigenvalue weighted by molar-refractivity contribution is -0.168. The molecule has 0 aliphatic rings. The highest BCUT2D eigenvalue weighted by molar-refractivity contribution is 7.55. The number of carbonyl (C=O) groups is 4. The first-order valence-corrected chi connectivity index (χ1v) is 15.9. The Hall–Kier alpha value is -3.51. The number of amides is 3. The summed E-state index contributed by atoms with van der Waals surface area (Å²) in [6, 6.07) is 7.26. The summed E-state index contributed by atoms with van der Waals surface area (Å²) >= 11 is 0. The molecule has 0 spiro atoms. The summed E-state index contributed by atoms with van der Waals surface area (Å²) in [6.07, 6.45) is 3.75. The van der Waals surface area contributed by atoms with Gasteiger partial charge in [-0.2, -0.15) is 0 Å². The lowest BCUT2D eigenvalue weighted by Crippen LogP contribution is -2.47. The van der Waals surface area contributed by atoms with E-state index >= 15 is 0 Å². The number of nitrogens with zero attached hydrogens (tertiary/aromatic N) is 1. The monoisotopic (exact) mass is 637 g/mol. The van der Waals surface area contributed by atoms with Crippen molar-refractivity contribution in [3.8, 4) is 17.1 Å². The van der Waals surface area contributed by atoms with E-state index in [0.29, 0.717) is 46.9 Å². The van der Waals surface area contributed by atoms with E-state index in [2.05, 4.69) is 10.6 Å². The molecule has 3 unspecified atom stereocenters. The van der Waals surface area contributed by atoms with Gasteiger partial charge in [0, 0.05) is 10.9 Å². The fourth-order valence-corrected chi connectivity index (χ4v) is 5.14. The van der Waals surface area contributed by atoms with Crippen LogP contribution in [-0.4, -0.2) is 65.5 Å². The molecule has 2 aromatic rings. The molecule has 0 radical (unpaired) electrons. The molecular formula is C30H44N3O10P. The maximum absolute atomic E-state index is 13.0. The van der Waals surface area contributed by atoms with Crippen LogP contribution in [0.3, 0.4) is 0 Å². The van der Waals surface area contributed by atoms with Crippen LogP contribution in [0.1, 0.15) is 77.3 Å². The van der Waals surface area contributed by atoms with Gasteiger partial charge < -0.3 is 29.4 Å². The summed E-state index contributed by atoms with van der Waals surface area (Å²) in [5.41, 5.74) is 0.506. The zero-order chi connectivity index (χ0) is 32.6. The lowest BCUT2D eigenvalue weighted by atomic mass is 9.90. The number of hydroxylamine groups is 2. The molecule has 3 amide bonds. The molecule has 44 heavy (non-hydrogen) atoms. The van der Waals surface area contributed by atoms with Crippen molar-refractivity contribution < 1.29 is 47.7 Å². The first-order valence-electron chi connectivity index (χ1n) is 14.7. The minimum atomic E-state index is -2.16. The van der Waals surface area contributed by atoms with E-state index in [-0.39, 0.29) is 24.8 Å². The second kappa shape index (κ2) is 19.0. The number of rotatable bonds is 20. The maximum Gasteiger partial charge on any atom is 0.310 e. The molecule has 0 saturated heterocycles. The molecule has 0 aliphatic heterocycles. The van der Waals surface area contributed by atoms with Gasteiger partial charge in [-0.15, -0.1) is 0 Å². The number of hydrogen-bond acceptors (Lipinski definition) is 10. The van der Waals surface area contributed by atoms with Gasteiger partial charge in [0.25, 0.3) is 5.91 Å². The number of esters is 1. The fourth-order valence-electron chi connectivity index (χ4n) is 4.35. The van der Waals surface area contributed by atoms with Crippen molar-refractivity contribution in [2.75, 3.05) is 20.1 Å². The van der Waals surface area contributed by atoms with Crippen LogP contribution in [0.2, 0.25) is 0 Å². The molecule has 1 aromatic heterocycles. The standard InChI is InChI=1S/C30H44N3O10P/c1-6-9-10-11-24(25(7-2)33(38)18-34)28(35)31-17-32-29(36)27-13-12-26(43-27)21-14-22(40-8-3)16-23(15-21)44(39)42-19-41-30(37)20(4)5/h12-16,18,20,24-25,38-39H,6-11,17,19H2,1-5H3,(H,31,35)(H,32,36). The van der Waals surface area contributed by atoms with Gasteiger partial charge in [0.1, 0.15) is 11.5 Å². The topological polar surface area (TPSA) is 177 Å². The van der Waals surface area contributed by atoms with Gasteiger partial charge in [-0.3, -0.25) is 28.9 Å². The van der Waals surface area contributed by atoms with Gasteiger partial charge in [-0.25, -0.2) is 5.06 Å². The van der Waals surface area contributed by atoms with Crippen molar-refractivity contribution in [2.24, 2.45) is 11.8 Å². The molecule has 0 saturated carbocycles. The highest BCUT2D eigenvalue weighted by Crippen LogP contribution is 2.35. The van der Waals surface area contributed by atoms with Gasteiger partial charge in [0.15, 0.2) is 12.6 Å². The van der Waals surface area contributed by atoms with Crippen molar-refractivity contribution in [3.63, 3.8) is 0 Å². The molecule has 1 heterocycles. The van der Waals surface area contributed by atoms with E-state index in [1.54, 1.807) is 45.0 Å². The van der Waals surface area contributed by atoms with E-state index in [1.807, 2.05) is 13.8 Å². The summed E-state index contributed by atoms with van der Waals surface area (Å²) in [7, 11) is -2.16. The highest BCUT2D eigenvalue weighted by atomic mass is 31.2. The minimum absolute atomic E-state index is 0.0193. The molecule has 14 heteroatoms. The molecule has 0 aliphatic carbocycles. The second-order valence-electron chi connectivity index (χ2n) is 10.2. The number of carbonyl (C=O) groups excluding carboxylic acids is 4. The van der Waals surface area contributed by atoms with E-state index in [4.69, 9.17) is 18.4 Å². The normalized spacial score (nSPS) is 13.1. The largest absolute Gasteiger partial charge is 0.494 e. The van der Waals surface area contributed by atoms with Crippen LogP contribution in [0, 0.1) is 11.8 Å². The number of nitrogens with one attached hydrogen (secondary N) is 2. The molecule has 0 bridgehead atoms. The van der Waals surface area contributed by atoms with Crippen LogP contribution < -0.4 is 20.7 Å². The zero-order valence-electron chi connectivity index (χ0n) is 25.9. The number of benzene rings is 1. The summed E-state index contributed by atoms with van der Waals surface area (Å²) < 4.78 is 21.7. The van der Waals surface area contributed by atoms with Crippen LogP contribution in [-0.2, 0) is 23.6 Å². The Morgan fingerprint density at radius 2 is 1.84 bits per heavy atom. The number of ether oxygens (including phenoxy) is 2. The third kappa shape index (κ3) is 11.2. The molecule has 244 valence electrons. The summed E-state index contributed by atoms with van der Waals surface area (Å²) in [4.78, 5) is 59.2. The second-order valence-corrected chi connectivity index (χ2v) is 11.6. The molecule has 13 nitrogen and oxygen atoms in total. The molecule has 2 rings (SSSR count). The number of unbranched alkanes of at least 4 members (excludes halogenated alkanes) is 2.